The van der Waals surface area contributed by atoms with Crippen LogP contribution in [0.3, 0.4) is 0 Å². The third-order valence-electron chi connectivity index (χ3n) is 5.50. The Kier molecular flexibility index (Phi) is 9.12. The number of sulfone groups is 1. The molecule has 1 amide bonds. The van der Waals surface area contributed by atoms with Gasteiger partial charge in [-0.1, -0.05) is 0 Å². The number of amides is 1. The second-order valence-electron chi connectivity index (χ2n) is 8.48. The van der Waals surface area contributed by atoms with Gasteiger partial charge in [-0.3, -0.25) is 4.90 Å². The summed E-state index contributed by atoms with van der Waals surface area (Å²) in [7, 11) is -7.29. The molecule has 38 heavy (non-hydrogen) atoms. The van der Waals surface area contributed by atoms with Gasteiger partial charge in [0.15, 0.2) is 9.84 Å². The Labute approximate surface area is 217 Å². The Morgan fingerprint density at radius 3 is 1.92 bits per heavy atom. The van der Waals surface area contributed by atoms with Gasteiger partial charge >= 0.3 is 12.5 Å². The maximum atomic E-state index is 13.0. The Hall–Kier alpha value is -3.08. The minimum Gasteiger partial charge on any atom is -0.465 e. The Morgan fingerprint density at radius 2 is 1.45 bits per heavy atom. The van der Waals surface area contributed by atoms with Gasteiger partial charge in [-0.15, -0.1) is 13.2 Å². The van der Waals surface area contributed by atoms with Gasteiger partial charge in [0.1, 0.15) is 17.2 Å². The number of sulfonamides is 1. The fraction of sp³-hybridized carbons (Fsp3) is 0.409. The highest BCUT2D eigenvalue weighted by Gasteiger charge is 2.31. The number of hydrogen-bond acceptors (Lipinski definition) is 8. The number of piperazine rings is 1. The fourth-order valence-electron chi connectivity index (χ4n) is 3.79. The van der Waals surface area contributed by atoms with Crippen molar-refractivity contribution in [3.8, 4) is 17.2 Å². The van der Waals surface area contributed by atoms with Gasteiger partial charge in [0, 0.05) is 32.7 Å². The molecule has 1 aliphatic rings. The Balaban J connectivity index is 1.62. The van der Waals surface area contributed by atoms with Crippen LogP contribution in [-0.2, 0) is 19.9 Å². The summed E-state index contributed by atoms with van der Waals surface area (Å²) in [6.45, 7) is 1.13. The van der Waals surface area contributed by atoms with Gasteiger partial charge in [0.25, 0.3) is 0 Å². The van der Waals surface area contributed by atoms with Gasteiger partial charge in [0.05, 0.1) is 22.9 Å². The average Bonchev–Trinajstić information content (AvgIpc) is 2.79. The maximum absolute atomic E-state index is 13.0. The average molecular weight is 582 g/mol. The molecule has 2 aromatic carbocycles. The summed E-state index contributed by atoms with van der Waals surface area (Å²) in [5.74, 6) is -0.547. The number of alkyl halides is 3. The molecule has 0 saturated carbocycles. The van der Waals surface area contributed by atoms with Crippen molar-refractivity contribution in [3.05, 3.63) is 48.5 Å². The lowest BCUT2D eigenvalue weighted by molar-refractivity contribution is -0.274. The number of nitrogens with one attached hydrogen (secondary N) is 1. The zero-order valence-corrected chi connectivity index (χ0v) is 21.7. The standard InChI is InChI=1S/C22H26F3N3O8S2/c1-37(31,32)28-12-10-27(11-13-28)14-16(26-21(29)30)15-38(33,34)20-8-6-18(7-9-20)35-17-2-4-19(5-3-17)36-22(23,24)25/h2-9,16,26H,10-15H2,1H3,(H,29,30). The van der Waals surface area contributed by atoms with Crippen LogP contribution < -0.4 is 14.8 Å². The van der Waals surface area contributed by atoms with Crippen LogP contribution in [0.2, 0.25) is 0 Å². The SMILES string of the molecule is CS(=O)(=O)N1CCN(CC(CS(=O)(=O)c2ccc(Oc3ccc(OC(F)(F)F)cc3)cc2)NC(=O)O)CC1. The Morgan fingerprint density at radius 1 is 0.947 bits per heavy atom. The van der Waals surface area contributed by atoms with Crippen molar-refractivity contribution in [3.63, 3.8) is 0 Å². The summed E-state index contributed by atoms with van der Waals surface area (Å²) in [4.78, 5) is 13.0. The van der Waals surface area contributed by atoms with Crippen molar-refractivity contribution in [1.29, 1.82) is 0 Å². The molecule has 0 spiro atoms. The number of carboxylic acid groups (broad SMARTS) is 1. The first kappa shape index (κ1) is 29.5. The number of nitrogens with zero attached hydrogens (tertiary/aromatic N) is 2. The number of rotatable bonds is 10. The molecule has 0 aromatic heterocycles. The summed E-state index contributed by atoms with van der Waals surface area (Å²) in [5.41, 5.74) is 0. The van der Waals surface area contributed by atoms with Crippen LogP contribution in [0.5, 0.6) is 17.2 Å². The summed E-state index contributed by atoms with van der Waals surface area (Å²) in [5, 5.41) is 11.4. The molecule has 11 nitrogen and oxygen atoms in total. The lowest BCUT2D eigenvalue weighted by Crippen LogP contribution is -2.53. The maximum Gasteiger partial charge on any atom is 0.573 e. The minimum absolute atomic E-state index is 0.0678. The van der Waals surface area contributed by atoms with E-state index >= 15 is 0 Å². The summed E-state index contributed by atoms with van der Waals surface area (Å²) < 4.78 is 96.8. The molecule has 1 heterocycles. The molecule has 1 saturated heterocycles. The van der Waals surface area contributed by atoms with E-state index in [-0.39, 0.29) is 36.0 Å². The van der Waals surface area contributed by atoms with Crippen molar-refractivity contribution in [2.24, 2.45) is 0 Å². The molecule has 2 aromatic rings. The van der Waals surface area contributed by atoms with E-state index in [4.69, 9.17) is 4.74 Å². The smallest absolute Gasteiger partial charge is 0.465 e. The van der Waals surface area contributed by atoms with Crippen molar-refractivity contribution >= 4 is 26.0 Å². The summed E-state index contributed by atoms with van der Waals surface area (Å²) in [6.07, 6.45) is -5.12. The second kappa shape index (κ2) is 11.8. The van der Waals surface area contributed by atoms with Gasteiger partial charge in [-0.2, -0.15) is 4.31 Å². The molecular formula is C22H26F3N3O8S2. The lowest BCUT2D eigenvalue weighted by Gasteiger charge is -2.35. The summed E-state index contributed by atoms with van der Waals surface area (Å²) >= 11 is 0. The first-order valence-electron chi connectivity index (χ1n) is 11.1. The van der Waals surface area contributed by atoms with Crippen molar-refractivity contribution in [2.75, 3.05) is 44.7 Å². The van der Waals surface area contributed by atoms with Gasteiger partial charge in [-0.05, 0) is 48.5 Å². The van der Waals surface area contributed by atoms with E-state index in [9.17, 15) is 39.9 Å². The van der Waals surface area contributed by atoms with Crippen LogP contribution in [0.25, 0.3) is 0 Å². The molecule has 0 radical (unpaired) electrons. The van der Waals surface area contributed by atoms with Crippen molar-refractivity contribution < 1.29 is 49.4 Å². The first-order chi connectivity index (χ1) is 17.6. The van der Waals surface area contributed by atoms with Crippen LogP contribution >= 0.6 is 0 Å². The summed E-state index contributed by atoms with van der Waals surface area (Å²) in [6, 6.07) is 8.93. The van der Waals surface area contributed by atoms with E-state index in [0.29, 0.717) is 13.1 Å². The highest BCUT2D eigenvalue weighted by Crippen LogP contribution is 2.28. The molecule has 210 valence electrons. The van der Waals surface area contributed by atoms with E-state index < -0.39 is 49.9 Å². The van der Waals surface area contributed by atoms with E-state index in [1.54, 1.807) is 4.90 Å². The highest BCUT2D eigenvalue weighted by atomic mass is 32.2. The predicted octanol–water partition coefficient (Wildman–Crippen LogP) is 2.36. The molecular weight excluding hydrogens is 555 g/mol. The number of benzene rings is 2. The van der Waals surface area contributed by atoms with Gasteiger partial charge in [0.2, 0.25) is 10.0 Å². The third-order valence-corrected chi connectivity index (χ3v) is 8.64. The lowest BCUT2D eigenvalue weighted by atomic mass is 10.2. The highest BCUT2D eigenvalue weighted by molar-refractivity contribution is 7.91. The normalized spacial score (nSPS) is 16.5. The van der Waals surface area contributed by atoms with E-state index in [1.807, 2.05) is 0 Å². The topological polar surface area (TPSA) is 143 Å². The molecule has 2 N–H and O–H groups in total. The molecule has 1 aliphatic heterocycles. The van der Waals surface area contributed by atoms with Crippen LogP contribution in [0.1, 0.15) is 0 Å². The molecule has 3 rings (SSSR count). The van der Waals surface area contributed by atoms with Crippen LogP contribution in [0.15, 0.2) is 53.4 Å². The Bertz CT molecular complexity index is 1310. The molecule has 16 heteroatoms. The van der Waals surface area contributed by atoms with Crippen LogP contribution in [-0.4, -0.2) is 94.4 Å². The third kappa shape index (κ3) is 9.04. The van der Waals surface area contributed by atoms with Crippen LogP contribution in [0.4, 0.5) is 18.0 Å². The first-order valence-corrected chi connectivity index (χ1v) is 14.6. The van der Waals surface area contributed by atoms with Crippen molar-refractivity contribution in [2.45, 2.75) is 17.3 Å². The van der Waals surface area contributed by atoms with E-state index in [1.165, 1.54) is 40.7 Å². The zero-order chi connectivity index (χ0) is 28.1. The van der Waals surface area contributed by atoms with Crippen LogP contribution in [0, 0.1) is 0 Å². The van der Waals surface area contributed by atoms with E-state index in [2.05, 4.69) is 10.1 Å². The quantitative estimate of drug-likeness (QED) is 0.432. The minimum atomic E-state index is -4.82. The largest absolute Gasteiger partial charge is 0.573 e. The number of halogens is 3. The van der Waals surface area contributed by atoms with Gasteiger partial charge < -0.3 is 19.9 Å². The monoisotopic (exact) mass is 581 g/mol. The fourth-order valence-corrected chi connectivity index (χ4v) is 6.08. The molecule has 0 bridgehead atoms. The van der Waals surface area contributed by atoms with Gasteiger partial charge in [-0.25, -0.2) is 21.6 Å². The molecule has 0 aliphatic carbocycles. The molecule has 1 unspecified atom stereocenters. The van der Waals surface area contributed by atoms with Crippen molar-refractivity contribution in [1.82, 2.24) is 14.5 Å². The number of ether oxygens (including phenoxy) is 2. The predicted molar refractivity (Wildman–Crippen MR) is 129 cm³/mol. The molecule has 1 fully saturated rings. The number of carbonyl (C=O) groups is 1. The van der Waals surface area contributed by atoms with E-state index in [0.717, 1.165) is 18.4 Å². The zero-order valence-electron chi connectivity index (χ0n) is 20.1. The molecule has 1 atom stereocenters. The number of hydrogen-bond donors (Lipinski definition) is 2. The second-order valence-corrected chi connectivity index (χ2v) is 12.5.